The van der Waals surface area contributed by atoms with E-state index in [1.165, 1.54) is 32.1 Å². The first-order valence-corrected chi connectivity index (χ1v) is 6.87. The lowest BCUT2D eigenvalue weighted by atomic mass is 9.96. The molecule has 1 aliphatic carbocycles. The Labute approximate surface area is 109 Å². The smallest absolute Gasteiger partial charge is 0.0765 e. The summed E-state index contributed by atoms with van der Waals surface area (Å²) in [6, 6.07) is 6.18. The highest BCUT2D eigenvalue weighted by atomic mass is 35.5. The second kappa shape index (κ2) is 5.63. The van der Waals surface area contributed by atoms with Crippen molar-refractivity contribution in [3.63, 3.8) is 0 Å². The summed E-state index contributed by atoms with van der Waals surface area (Å²) in [7, 11) is 0. The minimum absolute atomic E-state index is 0.500. The molecule has 0 bridgehead atoms. The predicted octanol–water partition coefficient (Wildman–Crippen LogP) is 4.30. The molecule has 0 aliphatic heterocycles. The average molecular weight is 253 g/mol. The Kier molecular flexibility index (Phi) is 4.16. The zero-order valence-corrected chi connectivity index (χ0v) is 11.1. The van der Waals surface area contributed by atoms with Gasteiger partial charge in [0.15, 0.2) is 0 Å². The van der Waals surface area contributed by atoms with Crippen LogP contribution in [0.2, 0.25) is 5.02 Å². The van der Waals surface area contributed by atoms with E-state index in [0.717, 1.165) is 16.4 Å². The van der Waals surface area contributed by atoms with Crippen LogP contribution in [0.5, 0.6) is 0 Å². The highest BCUT2D eigenvalue weighted by Crippen LogP contribution is 2.32. The summed E-state index contributed by atoms with van der Waals surface area (Å²) in [5, 5.41) is 4.27. The third-order valence-electron chi connectivity index (χ3n) is 3.74. The molecule has 2 unspecified atom stereocenters. The molecule has 1 fully saturated rings. The minimum atomic E-state index is 0.500. The maximum Gasteiger partial charge on any atom is 0.0765 e. The lowest BCUT2D eigenvalue weighted by molar-refractivity contribution is 0.457. The van der Waals surface area contributed by atoms with Gasteiger partial charge in [0.2, 0.25) is 0 Å². The molecule has 0 spiro atoms. The van der Waals surface area contributed by atoms with Crippen molar-refractivity contribution in [3.8, 4) is 0 Å². The number of anilines is 2. The fourth-order valence-corrected chi connectivity index (χ4v) is 2.82. The molecule has 1 aromatic carbocycles. The van der Waals surface area contributed by atoms with Crippen molar-refractivity contribution >= 4 is 23.0 Å². The van der Waals surface area contributed by atoms with Crippen molar-refractivity contribution in [3.05, 3.63) is 23.2 Å². The molecule has 2 nitrogen and oxygen atoms in total. The molecule has 1 saturated carbocycles. The molecule has 94 valence electrons. The number of halogens is 1. The van der Waals surface area contributed by atoms with Gasteiger partial charge in [-0.1, -0.05) is 43.9 Å². The van der Waals surface area contributed by atoms with Crippen LogP contribution >= 0.6 is 11.6 Å². The van der Waals surface area contributed by atoms with Crippen LogP contribution in [0.25, 0.3) is 0 Å². The van der Waals surface area contributed by atoms with Crippen LogP contribution in [-0.2, 0) is 0 Å². The van der Waals surface area contributed by atoms with Crippen LogP contribution in [0.3, 0.4) is 0 Å². The highest BCUT2D eigenvalue weighted by Gasteiger charge is 2.21. The Hall–Kier alpha value is -0.890. The molecular weight excluding hydrogens is 232 g/mol. The molecule has 0 amide bonds. The number of nitrogens with one attached hydrogen (secondary N) is 1. The van der Waals surface area contributed by atoms with E-state index in [9.17, 15) is 0 Å². The largest absolute Gasteiger partial charge is 0.397 e. The molecule has 0 heterocycles. The second-order valence-corrected chi connectivity index (χ2v) is 5.48. The van der Waals surface area contributed by atoms with Gasteiger partial charge < -0.3 is 11.1 Å². The first-order chi connectivity index (χ1) is 8.18. The standard InChI is InChI=1S/C14H21ClN2/c1-10-6-3-2-4-9-13(10)17-14-11(15)7-5-8-12(14)16/h5,7-8,10,13,17H,2-4,6,9,16H2,1H3. The fourth-order valence-electron chi connectivity index (χ4n) is 2.59. The zero-order valence-electron chi connectivity index (χ0n) is 10.4. The number of nitrogen functional groups attached to an aromatic ring is 1. The number of benzene rings is 1. The van der Waals surface area contributed by atoms with Crippen LogP contribution < -0.4 is 11.1 Å². The maximum absolute atomic E-state index is 6.19. The summed E-state index contributed by atoms with van der Waals surface area (Å²) in [6.07, 6.45) is 6.50. The minimum Gasteiger partial charge on any atom is -0.397 e. The number of para-hydroxylation sites is 1. The molecule has 3 heteroatoms. The van der Waals surface area contributed by atoms with Crippen molar-refractivity contribution in [1.29, 1.82) is 0 Å². The molecular formula is C14H21ClN2. The van der Waals surface area contributed by atoms with Crippen LogP contribution in [0.15, 0.2) is 18.2 Å². The van der Waals surface area contributed by atoms with E-state index >= 15 is 0 Å². The van der Waals surface area contributed by atoms with Gasteiger partial charge in [-0.25, -0.2) is 0 Å². The first kappa shape index (κ1) is 12.6. The van der Waals surface area contributed by atoms with Gasteiger partial charge in [-0.15, -0.1) is 0 Å². The molecule has 2 atom stereocenters. The summed E-state index contributed by atoms with van der Waals surface area (Å²) in [6.45, 7) is 2.32. The van der Waals surface area contributed by atoms with Crippen molar-refractivity contribution in [2.45, 2.75) is 45.1 Å². The Morgan fingerprint density at radius 3 is 2.76 bits per heavy atom. The van der Waals surface area contributed by atoms with E-state index < -0.39 is 0 Å². The molecule has 0 aromatic heterocycles. The van der Waals surface area contributed by atoms with Gasteiger partial charge in [-0.05, 0) is 30.9 Å². The summed E-state index contributed by atoms with van der Waals surface area (Å²) in [5.41, 5.74) is 7.63. The molecule has 2 rings (SSSR count). The monoisotopic (exact) mass is 252 g/mol. The van der Waals surface area contributed by atoms with E-state index in [0.29, 0.717) is 12.0 Å². The van der Waals surface area contributed by atoms with E-state index in [1.807, 2.05) is 18.2 Å². The van der Waals surface area contributed by atoms with Gasteiger partial charge in [0, 0.05) is 6.04 Å². The molecule has 0 saturated heterocycles. The van der Waals surface area contributed by atoms with E-state index in [1.54, 1.807) is 0 Å². The highest BCUT2D eigenvalue weighted by molar-refractivity contribution is 6.33. The number of nitrogens with two attached hydrogens (primary N) is 1. The van der Waals surface area contributed by atoms with Crippen LogP contribution in [0, 0.1) is 5.92 Å². The number of hydrogen-bond acceptors (Lipinski definition) is 2. The lowest BCUT2D eigenvalue weighted by Gasteiger charge is -2.25. The third-order valence-corrected chi connectivity index (χ3v) is 4.05. The second-order valence-electron chi connectivity index (χ2n) is 5.07. The first-order valence-electron chi connectivity index (χ1n) is 6.49. The Morgan fingerprint density at radius 1 is 1.24 bits per heavy atom. The summed E-state index contributed by atoms with van der Waals surface area (Å²) >= 11 is 6.19. The van der Waals surface area contributed by atoms with Crippen LogP contribution in [-0.4, -0.2) is 6.04 Å². The van der Waals surface area contributed by atoms with Crippen molar-refractivity contribution < 1.29 is 0 Å². The van der Waals surface area contributed by atoms with Gasteiger partial charge in [0.25, 0.3) is 0 Å². The topological polar surface area (TPSA) is 38.0 Å². The fraction of sp³-hybridized carbons (Fsp3) is 0.571. The van der Waals surface area contributed by atoms with E-state index in [-0.39, 0.29) is 0 Å². The normalized spacial score (nSPS) is 25.3. The van der Waals surface area contributed by atoms with Crippen molar-refractivity contribution in [1.82, 2.24) is 0 Å². The van der Waals surface area contributed by atoms with Gasteiger partial charge in [0.1, 0.15) is 0 Å². The SMILES string of the molecule is CC1CCCCCC1Nc1c(N)cccc1Cl. The molecule has 3 N–H and O–H groups in total. The maximum atomic E-state index is 6.19. The van der Waals surface area contributed by atoms with Crippen LogP contribution in [0.1, 0.15) is 39.0 Å². The van der Waals surface area contributed by atoms with Gasteiger partial charge in [-0.2, -0.15) is 0 Å². The third kappa shape index (κ3) is 3.06. The molecule has 17 heavy (non-hydrogen) atoms. The van der Waals surface area contributed by atoms with Gasteiger partial charge >= 0.3 is 0 Å². The Morgan fingerprint density at radius 2 is 2.00 bits per heavy atom. The van der Waals surface area contributed by atoms with Gasteiger partial charge in [0.05, 0.1) is 16.4 Å². The lowest BCUT2D eigenvalue weighted by Crippen LogP contribution is -2.26. The number of hydrogen-bond donors (Lipinski definition) is 2. The molecule has 0 radical (unpaired) electrons. The number of rotatable bonds is 2. The quantitative estimate of drug-likeness (QED) is 0.608. The van der Waals surface area contributed by atoms with Crippen molar-refractivity contribution in [2.75, 3.05) is 11.1 Å². The zero-order chi connectivity index (χ0) is 12.3. The molecule has 1 aromatic rings. The van der Waals surface area contributed by atoms with Crippen molar-refractivity contribution in [2.24, 2.45) is 5.92 Å². The predicted molar refractivity (Wildman–Crippen MR) is 75.5 cm³/mol. The van der Waals surface area contributed by atoms with Gasteiger partial charge in [-0.3, -0.25) is 0 Å². The molecule has 1 aliphatic rings. The average Bonchev–Trinajstić information content (AvgIpc) is 2.49. The summed E-state index contributed by atoms with van der Waals surface area (Å²) in [4.78, 5) is 0. The van der Waals surface area contributed by atoms with Crippen LogP contribution in [0.4, 0.5) is 11.4 Å². The summed E-state index contributed by atoms with van der Waals surface area (Å²) in [5.74, 6) is 0.688. The Bertz CT molecular complexity index is 358. The van der Waals surface area contributed by atoms with E-state index in [2.05, 4.69) is 12.2 Å². The Balaban J connectivity index is 2.13. The summed E-state index contributed by atoms with van der Waals surface area (Å²) < 4.78 is 0. The van der Waals surface area contributed by atoms with E-state index in [4.69, 9.17) is 17.3 Å².